The summed E-state index contributed by atoms with van der Waals surface area (Å²) >= 11 is 0. The number of rotatable bonds is 6. The van der Waals surface area contributed by atoms with Crippen LogP contribution in [0.25, 0.3) is 5.69 Å². The van der Waals surface area contributed by atoms with Crippen molar-refractivity contribution < 1.29 is 9.47 Å². The Morgan fingerprint density at radius 1 is 1.38 bits per heavy atom. The zero-order chi connectivity index (χ0) is 15.2. The number of benzene rings is 1. The van der Waals surface area contributed by atoms with Gasteiger partial charge in [-0.1, -0.05) is 0 Å². The summed E-state index contributed by atoms with van der Waals surface area (Å²) in [6.07, 6.45) is 6.49. The van der Waals surface area contributed by atoms with Crippen molar-refractivity contribution in [3.8, 4) is 17.2 Å². The SMILES string of the molecule is COc1ccc(-n2cc(N/C=C\C(=N)N)cn2)c(OC)c1. The summed E-state index contributed by atoms with van der Waals surface area (Å²) in [5.41, 5.74) is 6.79. The maximum Gasteiger partial charge on any atom is 0.148 e. The minimum atomic E-state index is -0.0216. The Balaban J connectivity index is 2.23. The Bertz CT molecular complexity index is 663. The summed E-state index contributed by atoms with van der Waals surface area (Å²) in [5, 5.41) is 14.3. The number of anilines is 1. The molecule has 110 valence electrons. The predicted molar refractivity (Wildman–Crippen MR) is 81.3 cm³/mol. The van der Waals surface area contributed by atoms with E-state index in [0.29, 0.717) is 11.5 Å². The molecule has 0 amide bonds. The third-order valence-electron chi connectivity index (χ3n) is 2.73. The van der Waals surface area contributed by atoms with Gasteiger partial charge in [0.15, 0.2) is 0 Å². The van der Waals surface area contributed by atoms with Gasteiger partial charge in [-0.3, -0.25) is 5.41 Å². The number of nitrogens with one attached hydrogen (secondary N) is 2. The van der Waals surface area contributed by atoms with Gasteiger partial charge in [-0.2, -0.15) is 5.10 Å². The molecule has 0 unspecified atom stereocenters. The lowest BCUT2D eigenvalue weighted by molar-refractivity contribution is 0.392. The minimum absolute atomic E-state index is 0.0216. The van der Waals surface area contributed by atoms with E-state index in [4.69, 9.17) is 20.6 Å². The molecule has 0 bridgehead atoms. The van der Waals surface area contributed by atoms with Crippen LogP contribution in [0.1, 0.15) is 0 Å². The van der Waals surface area contributed by atoms with E-state index in [9.17, 15) is 0 Å². The second kappa shape index (κ2) is 6.47. The lowest BCUT2D eigenvalue weighted by Crippen LogP contribution is -2.05. The van der Waals surface area contributed by atoms with Gasteiger partial charge < -0.3 is 20.5 Å². The van der Waals surface area contributed by atoms with Crippen molar-refractivity contribution in [2.45, 2.75) is 0 Å². The second-order valence-corrected chi connectivity index (χ2v) is 4.14. The summed E-state index contributed by atoms with van der Waals surface area (Å²) in [5.74, 6) is 1.35. The zero-order valence-corrected chi connectivity index (χ0v) is 11.8. The van der Waals surface area contributed by atoms with E-state index < -0.39 is 0 Å². The fourth-order valence-electron chi connectivity index (χ4n) is 1.73. The second-order valence-electron chi connectivity index (χ2n) is 4.14. The molecular formula is C14H17N5O2. The first kappa shape index (κ1) is 14.4. The van der Waals surface area contributed by atoms with Crippen molar-refractivity contribution >= 4 is 11.5 Å². The summed E-state index contributed by atoms with van der Waals surface area (Å²) in [6.45, 7) is 0. The number of ether oxygens (including phenoxy) is 2. The van der Waals surface area contributed by atoms with E-state index in [1.165, 1.54) is 6.08 Å². The Morgan fingerprint density at radius 2 is 2.19 bits per heavy atom. The first-order valence-corrected chi connectivity index (χ1v) is 6.18. The molecule has 1 aromatic carbocycles. The Morgan fingerprint density at radius 3 is 2.86 bits per heavy atom. The van der Waals surface area contributed by atoms with Crippen molar-refractivity contribution in [1.82, 2.24) is 9.78 Å². The molecule has 0 atom stereocenters. The van der Waals surface area contributed by atoms with Gasteiger partial charge in [-0.25, -0.2) is 4.68 Å². The summed E-state index contributed by atoms with van der Waals surface area (Å²) in [4.78, 5) is 0. The highest BCUT2D eigenvalue weighted by Crippen LogP contribution is 2.27. The first-order valence-electron chi connectivity index (χ1n) is 6.18. The van der Waals surface area contributed by atoms with Crippen molar-refractivity contribution in [3.05, 3.63) is 42.9 Å². The van der Waals surface area contributed by atoms with E-state index in [1.54, 1.807) is 43.6 Å². The molecule has 0 saturated carbocycles. The number of nitrogens with two attached hydrogens (primary N) is 1. The minimum Gasteiger partial charge on any atom is -0.497 e. The molecule has 7 heteroatoms. The van der Waals surface area contributed by atoms with Gasteiger partial charge in [-0.05, 0) is 18.2 Å². The Hall–Kier alpha value is -2.96. The quantitative estimate of drug-likeness (QED) is 0.555. The van der Waals surface area contributed by atoms with Crippen molar-refractivity contribution in [2.75, 3.05) is 19.5 Å². The molecule has 1 heterocycles. The molecule has 1 aromatic heterocycles. The molecule has 0 spiro atoms. The van der Waals surface area contributed by atoms with E-state index in [1.807, 2.05) is 12.1 Å². The molecule has 0 aliphatic heterocycles. The molecule has 0 aliphatic rings. The van der Waals surface area contributed by atoms with Gasteiger partial charge in [0.05, 0.1) is 32.3 Å². The summed E-state index contributed by atoms with van der Waals surface area (Å²) < 4.78 is 12.2. The van der Waals surface area contributed by atoms with Gasteiger partial charge in [-0.15, -0.1) is 0 Å². The number of methoxy groups -OCH3 is 2. The smallest absolute Gasteiger partial charge is 0.148 e. The lowest BCUT2D eigenvalue weighted by Gasteiger charge is -2.09. The van der Waals surface area contributed by atoms with Gasteiger partial charge in [0.2, 0.25) is 0 Å². The van der Waals surface area contributed by atoms with Gasteiger partial charge in [0.1, 0.15) is 23.0 Å². The molecule has 2 rings (SSSR count). The molecule has 4 N–H and O–H groups in total. The maximum absolute atomic E-state index is 7.09. The summed E-state index contributed by atoms with van der Waals surface area (Å²) in [6, 6.07) is 5.49. The molecule has 21 heavy (non-hydrogen) atoms. The van der Waals surface area contributed by atoms with Crippen LogP contribution < -0.4 is 20.5 Å². The van der Waals surface area contributed by atoms with E-state index in [2.05, 4.69) is 10.4 Å². The zero-order valence-electron chi connectivity index (χ0n) is 11.8. The molecule has 2 aromatic rings. The molecule has 0 fully saturated rings. The number of nitrogens with zero attached hydrogens (tertiary/aromatic N) is 2. The molecule has 7 nitrogen and oxygen atoms in total. The van der Waals surface area contributed by atoms with Gasteiger partial charge in [0, 0.05) is 12.3 Å². The molecular weight excluding hydrogens is 270 g/mol. The van der Waals surface area contributed by atoms with Crippen molar-refractivity contribution in [3.63, 3.8) is 0 Å². The van der Waals surface area contributed by atoms with Crippen molar-refractivity contribution in [1.29, 1.82) is 5.41 Å². The van der Waals surface area contributed by atoms with Crippen LogP contribution in [0.5, 0.6) is 11.5 Å². The third-order valence-corrected chi connectivity index (χ3v) is 2.73. The molecule has 0 radical (unpaired) electrons. The number of hydrogen-bond acceptors (Lipinski definition) is 5. The maximum atomic E-state index is 7.09. The van der Waals surface area contributed by atoms with Gasteiger partial charge in [0.25, 0.3) is 0 Å². The average molecular weight is 287 g/mol. The normalized spacial score (nSPS) is 10.6. The van der Waals surface area contributed by atoms with Crippen LogP contribution in [-0.2, 0) is 0 Å². The highest BCUT2D eigenvalue weighted by molar-refractivity contribution is 5.88. The third kappa shape index (κ3) is 3.53. The number of hydrogen-bond donors (Lipinski definition) is 3. The predicted octanol–water partition coefficient (Wildman–Crippen LogP) is 1.75. The van der Waals surface area contributed by atoms with E-state index >= 15 is 0 Å². The van der Waals surface area contributed by atoms with E-state index in [-0.39, 0.29) is 5.84 Å². The first-order chi connectivity index (χ1) is 10.1. The number of amidine groups is 1. The largest absolute Gasteiger partial charge is 0.497 e. The topological polar surface area (TPSA) is 98.2 Å². The van der Waals surface area contributed by atoms with Crippen LogP contribution >= 0.6 is 0 Å². The van der Waals surface area contributed by atoms with Crippen LogP contribution in [-0.4, -0.2) is 29.8 Å². The summed E-state index contributed by atoms with van der Waals surface area (Å²) in [7, 11) is 3.20. The van der Waals surface area contributed by atoms with Crippen LogP contribution in [0.15, 0.2) is 42.9 Å². The molecule has 0 aliphatic carbocycles. The highest BCUT2D eigenvalue weighted by Gasteiger charge is 2.08. The van der Waals surface area contributed by atoms with Crippen LogP contribution in [0, 0.1) is 5.41 Å². The number of aromatic nitrogens is 2. The lowest BCUT2D eigenvalue weighted by atomic mass is 10.2. The molecule has 0 saturated heterocycles. The van der Waals surface area contributed by atoms with Crippen LogP contribution in [0.3, 0.4) is 0 Å². The van der Waals surface area contributed by atoms with Crippen LogP contribution in [0.4, 0.5) is 5.69 Å². The van der Waals surface area contributed by atoms with Crippen LogP contribution in [0.2, 0.25) is 0 Å². The fourth-order valence-corrected chi connectivity index (χ4v) is 1.73. The Labute approximate surface area is 122 Å². The van der Waals surface area contributed by atoms with Crippen molar-refractivity contribution in [2.24, 2.45) is 5.73 Å². The van der Waals surface area contributed by atoms with E-state index in [0.717, 1.165) is 11.4 Å². The standard InChI is InChI=1S/C14H17N5O2/c1-20-11-3-4-12(13(7-11)21-2)19-9-10(8-18-19)17-6-5-14(15)16/h3-9,17H,1-2H3,(H3,15,16)/b6-5-. The monoisotopic (exact) mass is 287 g/mol. The highest BCUT2D eigenvalue weighted by atomic mass is 16.5. The Kier molecular flexibility index (Phi) is 4.45. The fraction of sp³-hybridized carbons (Fsp3) is 0.143. The average Bonchev–Trinajstić information content (AvgIpc) is 2.94. The van der Waals surface area contributed by atoms with Gasteiger partial charge >= 0.3 is 0 Å².